The number of nitrogens with zero attached hydrogens (tertiary/aromatic N) is 2. The fourth-order valence-electron chi connectivity index (χ4n) is 3.85. The van der Waals surface area contributed by atoms with Crippen LogP contribution in [0, 0.1) is 0 Å². The summed E-state index contributed by atoms with van der Waals surface area (Å²) in [5.41, 5.74) is 1.63. The third-order valence-electron chi connectivity index (χ3n) is 5.99. The van der Waals surface area contributed by atoms with Crippen LogP contribution < -0.4 is 5.56 Å². The van der Waals surface area contributed by atoms with Crippen LogP contribution in [0.15, 0.2) is 23.3 Å². The van der Waals surface area contributed by atoms with Crippen molar-refractivity contribution in [1.29, 1.82) is 0 Å². The van der Waals surface area contributed by atoms with Crippen LogP contribution in [0.4, 0.5) is 0 Å². The molecule has 9 heteroatoms. The van der Waals surface area contributed by atoms with Crippen molar-refractivity contribution in [2.45, 2.75) is 64.4 Å². The standard InChI is InChI=1S/C22H31N3O4SSi/c1-14(26)22(2)20-16(6-7-29-22)17-10-18(30-19(17)21(27)24-20)15-11-23-25(12-15)13-28-8-9-31(3,4)5/h10-12,14,26H,6-9,13H2,1-5H3,(H,24,27). The van der Waals surface area contributed by atoms with Crippen LogP contribution in [-0.4, -0.2) is 47.3 Å². The van der Waals surface area contributed by atoms with E-state index in [1.165, 1.54) is 11.3 Å². The van der Waals surface area contributed by atoms with Crippen molar-refractivity contribution in [3.63, 3.8) is 0 Å². The number of pyridine rings is 1. The van der Waals surface area contributed by atoms with E-state index in [1.807, 2.05) is 19.3 Å². The molecule has 31 heavy (non-hydrogen) atoms. The summed E-state index contributed by atoms with van der Waals surface area (Å²) in [6.07, 6.45) is 3.74. The lowest BCUT2D eigenvalue weighted by Gasteiger charge is -2.37. The van der Waals surface area contributed by atoms with Gasteiger partial charge in [0.2, 0.25) is 0 Å². The molecule has 0 bridgehead atoms. The lowest BCUT2D eigenvalue weighted by atomic mass is 9.87. The lowest BCUT2D eigenvalue weighted by Crippen LogP contribution is -2.43. The minimum atomic E-state index is -1.11. The number of rotatable bonds is 7. The number of H-pyrrole nitrogens is 1. The Balaban J connectivity index is 1.62. The summed E-state index contributed by atoms with van der Waals surface area (Å²) >= 11 is 1.47. The van der Waals surface area contributed by atoms with E-state index in [0.29, 0.717) is 30.2 Å². The van der Waals surface area contributed by atoms with Crippen LogP contribution in [0.1, 0.15) is 25.1 Å². The Morgan fingerprint density at radius 3 is 2.94 bits per heavy atom. The van der Waals surface area contributed by atoms with Crippen molar-refractivity contribution in [2.75, 3.05) is 13.2 Å². The summed E-state index contributed by atoms with van der Waals surface area (Å²) < 4.78 is 14.2. The molecule has 2 unspecified atom stereocenters. The van der Waals surface area contributed by atoms with Crippen LogP contribution in [-0.2, 0) is 28.2 Å². The number of hydrogen-bond donors (Lipinski definition) is 2. The SMILES string of the molecule is CC(O)C1(C)OCCc2c1[nH]c(=O)c1sc(-c3cnn(COCC[Si](C)(C)C)c3)cc21. The van der Waals surface area contributed by atoms with Gasteiger partial charge in [-0.2, -0.15) is 5.10 Å². The molecule has 2 N–H and O–H groups in total. The first-order chi connectivity index (χ1) is 14.6. The minimum absolute atomic E-state index is 0.149. The summed E-state index contributed by atoms with van der Waals surface area (Å²) in [5, 5.41) is 15.7. The second-order valence-electron chi connectivity index (χ2n) is 9.66. The predicted molar refractivity (Wildman–Crippen MR) is 126 cm³/mol. The van der Waals surface area contributed by atoms with Gasteiger partial charge in [0.15, 0.2) is 0 Å². The molecule has 4 heterocycles. The summed E-state index contributed by atoms with van der Waals surface area (Å²) in [5.74, 6) is 0. The number of aromatic amines is 1. The van der Waals surface area contributed by atoms with Crippen molar-refractivity contribution < 1.29 is 14.6 Å². The zero-order valence-electron chi connectivity index (χ0n) is 18.8. The molecule has 0 aliphatic carbocycles. The molecule has 0 saturated carbocycles. The Morgan fingerprint density at radius 2 is 2.23 bits per heavy atom. The number of aromatic nitrogens is 3. The van der Waals surface area contributed by atoms with E-state index in [-0.39, 0.29) is 5.56 Å². The maximum atomic E-state index is 12.8. The average Bonchev–Trinajstić information content (AvgIpc) is 3.33. The van der Waals surface area contributed by atoms with Crippen LogP contribution in [0.3, 0.4) is 0 Å². The maximum Gasteiger partial charge on any atom is 0.266 e. The molecule has 0 spiro atoms. The van der Waals surface area contributed by atoms with Crippen molar-refractivity contribution in [2.24, 2.45) is 0 Å². The second-order valence-corrected chi connectivity index (χ2v) is 16.3. The molecule has 0 saturated heterocycles. The molecule has 0 aromatic carbocycles. The van der Waals surface area contributed by atoms with Gasteiger partial charge in [-0.15, -0.1) is 11.3 Å². The van der Waals surface area contributed by atoms with E-state index in [2.05, 4.69) is 35.8 Å². The number of fused-ring (bicyclic) bond motifs is 3. The highest BCUT2D eigenvalue weighted by atomic mass is 32.1. The molecule has 168 valence electrons. The molecule has 0 radical (unpaired) electrons. The summed E-state index contributed by atoms with van der Waals surface area (Å²) in [7, 11) is -1.11. The number of ether oxygens (including phenoxy) is 2. The third-order valence-corrected chi connectivity index (χ3v) is 8.88. The van der Waals surface area contributed by atoms with E-state index >= 15 is 0 Å². The number of nitrogens with one attached hydrogen (secondary N) is 1. The van der Waals surface area contributed by atoms with Crippen molar-refractivity contribution in [3.8, 4) is 10.4 Å². The van der Waals surface area contributed by atoms with Crippen molar-refractivity contribution in [3.05, 3.63) is 40.1 Å². The second kappa shape index (κ2) is 8.29. The van der Waals surface area contributed by atoms with Crippen LogP contribution in [0.2, 0.25) is 25.7 Å². The Labute approximate surface area is 187 Å². The number of aliphatic hydroxyl groups is 1. The van der Waals surface area contributed by atoms with Gasteiger partial charge in [-0.3, -0.25) is 4.79 Å². The molecule has 0 amide bonds. The van der Waals surface area contributed by atoms with E-state index in [4.69, 9.17) is 9.47 Å². The molecule has 1 aliphatic rings. The number of hydrogen-bond acceptors (Lipinski definition) is 6. The monoisotopic (exact) mass is 461 g/mol. The zero-order valence-corrected chi connectivity index (χ0v) is 20.6. The summed E-state index contributed by atoms with van der Waals surface area (Å²) in [6, 6.07) is 3.19. The van der Waals surface area contributed by atoms with Crippen LogP contribution in [0.25, 0.3) is 20.5 Å². The average molecular weight is 462 g/mol. The van der Waals surface area contributed by atoms with E-state index in [9.17, 15) is 9.90 Å². The van der Waals surface area contributed by atoms with Crippen LogP contribution in [0.5, 0.6) is 0 Å². The highest BCUT2D eigenvalue weighted by Gasteiger charge is 2.40. The van der Waals surface area contributed by atoms with Gasteiger partial charge in [0.1, 0.15) is 17.0 Å². The van der Waals surface area contributed by atoms with E-state index in [1.54, 1.807) is 11.6 Å². The van der Waals surface area contributed by atoms with E-state index in [0.717, 1.165) is 34.0 Å². The first kappa shape index (κ1) is 22.4. The first-order valence-electron chi connectivity index (χ1n) is 10.7. The molecule has 7 nitrogen and oxygen atoms in total. The first-order valence-corrected chi connectivity index (χ1v) is 15.2. The molecule has 4 rings (SSSR count). The van der Waals surface area contributed by atoms with Gasteiger partial charge in [-0.05, 0) is 37.9 Å². The topological polar surface area (TPSA) is 89.4 Å². The molecule has 1 aliphatic heterocycles. The Hall–Kier alpha value is -1.78. The largest absolute Gasteiger partial charge is 0.390 e. The van der Waals surface area contributed by atoms with Gasteiger partial charge in [0.25, 0.3) is 5.56 Å². The van der Waals surface area contributed by atoms with Gasteiger partial charge in [-0.25, -0.2) is 4.68 Å². The fraction of sp³-hybridized carbons (Fsp3) is 0.545. The highest BCUT2D eigenvalue weighted by molar-refractivity contribution is 7.22. The molecule has 3 aromatic heterocycles. The fourth-order valence-corrected chi connectivity index (χ4v) is 5.67. The molecular formula is C22H31N3O4SSi. The highest BCUT2D eigenvalue weighted by Crippen LogP contribution is 2.40. The number of thiophene rings is 1. The Bertz CT molecular complexity index is 1140. The predicted octanol–water partition coefficient (Wildman–Crippen LogP) is 3.93. The van der Waals surface area contributed by atoms with Gasteiger partial charge >= 0.3 is 0 Å². The quantitative estimate of drug-likeness (QED) is 0.411. The zero-order chi connectivity index (χ0) is 22.4. The maximum absolute atomic E-state index is 12.8. The Kier molecular flexibility index (Phi) is 5.99. The molecule has 2 atom stereocenters. The summed E-state index contributed by atoms with van der Waals surface area (Å²) in [4.78, 5) is 16.8. The van der Waals surface area contributed by atoms with Gasteiger partial charge < -0.3 is 19.6 Å². The lowest BCUT2D eigenvalue weighted by molar-refractivity contribution is -0.121. The molecular weight excluding hydrogens is 430 g/mol. The molecule has 0 fully saturated rings. The normalized spacial score (nSPS) is 20.2. The summed E-state index contributed by atoms with van der Waals surface area (Å²) in [6.45, 7) is 12.2. The van der Waals surface area contributed by atoms with E-state index < -0.39 is 19.8 Å². The van der Waals surface area contributed by atoms with Crippen molar-refractivity contribution >= 4 is 29.5 Å². The van der Waals surface area contributed by atoms with Gasteiger partial charge in [0, 0.05) is 36.7 Å². The van der Waals surface area contributed by atoms with Gasteiger partial charge in [0.05, 0.1) is 24.6 Å². The minimum Gasteiger partial charge on any atom is -0.390 e. The molecule has 3 aromatic rings. The van der Waals surface area contributed by atoms with Gasteiger partial charge in [-0.1, -0.05) is 19.6 Å². The smallest absolute Gasteiger partial charge is 0.266 e. The van der Waals surface area contributed by atoms with Crippen molar-refractivity contribution in [1.82, 2.24) is 14.8 Å². The number of aliphatic hydroxyl groups excluding tert-OH is 1. The van der Waals surface area contributed by atoms with Crippen LogP contribution >= 0.6 is 11.3 Å². The third kappa shape index (κ3) is 4.42. The Morgan fingerprint density at radius 1 is 1.45 bits per heavy atom.